The Morgan fingerprint density at radius 3 is 2.06 bits per heavy atom. The molecule has 33 heavy (non-hydrogen) atoms. The molecule has 0 aromatic heterocycles. The quantitative estimate of drug-likeness (QED) is 0.354. The third-order valence-corrected chi connectivity index (χ3v) is 6.36. The van der Waals surface area contributed by atoms with Gasteiger partial charge in [0.1, 0.15) is 5.75 Å². The smallest absolute Gasteiger partial charge is 0.120 e. The molecule has 2 nitrogen and oxygen atoms in total. The highest BCUT2D eigenvalue weighted by atomic mass is 16.5. The van der Waals surface area contributed by atoms with Gasteiger partial charge in [-0.2, -0.15) is 0 Å². The van der Waals surface area contributed by atoms with Crippen LogP contribution in [0.2, 0.25) is 0 Å². The summed E-state index contributed by atoms with van der Waals surface area (Å²) < 4.78 is 5.73. The standard InChI is InChI=1S/C31H27NO/c1-22(23-13-7-4-8-14-23)27-19-26(33-3)20-28-29(24-15-9-5-10-16-24)21-31(2,32-30(27)28)25-17-11-6-12-18-25/h4-21,32H,1H2,2-3H3. The van der Waals surface area contributed by atoms with E-state index in [4.69, 9.17) is 4.74 Å². The summed E-state index contributed by atoms with van der Waals surface area (Å²) in [5.41, 5.74) is 8.44. The predicted molar refractivity (Wildman–Crippen MR) is 139 cm³/mol. The van der Waals surface area contributed by atoms with Crippen molar-refractivity contribution in [3.8, 4) is 5.75 Å². The summed E-state index contributed by atoms with van der Waals surface area (Å²) in [6.45, 7) is 6.71. The van der Waals surface area contributed by atoms with Crippen LogP contribution in [0.4, 0.5) is 5.69 Å². The van der Waals surface area contributed by atoms with Crippen molar-refractivity contribution in [3.63, 3.8) is 0 Å². The molecular weight excluding hydrogens is 402 g/mol. The lowest BCUT2D eigenvalue weighted by molar-refractivity contribution is 0.414. The molecule has 0 saturated carbocycles. The second-order valence-corrected chi connectivity index (χ2v) is 8.56. The molecule has 0 aliphatic carbocycles. The van der Waals surface area contributed by atoms with Crippen LogP contribution in [-0.2, 0) is 5.54 Å². The van der Waals surface area contributed by atoms with Gasteiger partial charge in [0.15, 0.2) is 0 Å². The summed E-state index contributed by atoms with van der Waals surface area (Å²) in [5, 5.41) is 3.87. The molecule has 5 rings (SSSR count). The number of methoxy groups -OCH3 is 1. The average molecular weight is 430 g/mol. The normalized spacial score (nSPS) is 16.8. The predicted octanol–water partition coefficient (Wildman–Crippen LogP) is 7.53. The van der Waals surface area contributed by atoms with Crippen molar-refractivity contribution in [2.24, 2.45) is 0 Å². The SMILES string of the molecule is C=C(c1ccccc1)c1cc(OC)cc2c1NC(C)(c1ccccc1)C=C2c1ccccc1. The van der Waals surface area contributed by atoms with Gasteiger partial charge in [-0.05, 0) is 53.0 Å². The molecule has 1 heterocycles. The maximum absolute atomic E-state index is 5.73. The summed E-state index contributed by atoms with van der Waals surface area (Å²) >= 11 is 0. The number of anilines is 1. The van der Waals surface area contributed by atoms with Crippen molar-refractivity contribution in [2.45, 2.75) is 12.5 Å². The second kappa shape index (κ2) is 8.48. The fourth-order valence-corrected chi connectivity index (χ4v) is 4.57. The summed E-state index contributed by atoms with van der Waals surface area (Å²) in [7, 11) is 1.72. The minimum Gasteiger partial charge on any atom is -0.497 e. The first kappa shape index (κ1) is 20.8. The Morgan fingerprint density at radius 1 is 0.818 bits per heavy atom. The van der Waals surface area contributed by atoms with Crippen LogP contribution in [0.1, 0.15) is 34.7 Å². The summed E-state index contributed by atoms with van der Waals surface area (Å²) in [5.74, 6) is 0.813. The molecule has 0 fully saturated rings. The van der Waals surface area contributed by atoms with Gasteiger partial charge in [0.2, 0.25) is 0 Å². The maximum atomic E-state index is 5.73. The average Bonchev–Trinajstić information content (AvgIpc) is 2.89. The highest BCUT2D eigenvalue weighted by Crippen LogP contribution is 2.47. The number of ether oxygens (including phenoxy) is 1. The first-order chi connectivity index (χ1) is 16.1. The van der Waals surface area contributed by atoms with Crippen LogP contribution in [-0.4, -0.2) is 7.11 Å². The van der Waals surface area contributed by atoms with Gasteiger partial charge in [-0.15, -0.1) is 0 Å². The van der Waals surface area contributed by atoms with Crippen LogP contribution in [0, 0.1) is 0 Å². The molecule has 1 atom stereocenters. The van der Waals surface area contributed by atoms with E-state index in [1.54, 1.807) is 7.11 Å². The minimum absolute atomic E-state index is 0.389. The Balaban J connectivity index is 1.77. The van der Waals surface area contributed by atoms with E-state index >= 15 is 0 Å². The Hall–Kier alpha value is -4.04. The first-order valence-electron chi connectivity index (χ1n) is 11.2. The van der Waals surface area contributed by atoms with E-state index in [9.17, 15) is 0 Å². The van der Waals surface area contributed by atoms with Crippen LogP contribution in [0.25, 0.3) is 11.1 Å². The van der Waals surface area contributed by atoms with Crippen molar-refractivity contribution < 1.29 is 4.74 Å². The molecule has 162 valence electrons. The molecule has 4 aromatic rings. The van der Waals surface area contributed by atoms with Crippen molar-refractivity contribution in [2.75, 3.05) is 12.4 Å². The third-order valence-electron chi connectivity index (χ3n) is 6.36. The van der Waals surface area contributed by atoms with Gasteiger partial charge in [-0.25, -0.2) is 0 Å². The van der Waals surface area contributed by atoms with E-state index < -0.39 is 0 Å². The highest BCUT2D eigenvalue weighted by Gasteiger charge is 2.33. The van der Waals surface area contributed by atoms with E-state index in [0.717, 1.165) is 33.7 Å². The molecule has 0 spiro atoms. The molecule has 1 aliphatic heterocycles. The van der Waals surface area contributed by atoms with E-state index in [-0.39, 0.29) is 5.54 Å². The third kappa shape index (κ3) is 3.85. The summed E-state index contributed by atoms with van der Waals surface area (Å²) in [6, 6.07) is 35.6. The van der Waals surface area contributed by atoms with Crippen molar-refractivity contribution in [3.05, 3.63) is 144 Å². The lowest BCUT2D eigenvalue weighted by atomic mass is 9.80. The van der Waals surface area contributed by atoms with Crippen LogP contribution < -0.4 is 10.1 Å². The molecule has 1 aliphatic rings. The van der Waals surface area contributed by atoms with Crippen molar-refractivity contribution >= 4 is 16.8 Å². The molecule has 1 N–H and O–H groups in total. The van der Waals surface area contributed by atoms with Gasteiger partial charge in [-0.3, -0.25) is 0 Å². The number of hydrogen-bond acceptors (Lipinski definition) is 2. The summed E-state index contributed by atoms with van der Waals surface area (Å²) in [4.78, 5) is 0. The first-order valence-corrected chi connectivity index (χ1v) is 11.2. The molecule has 0 radical (unpaired) electrons. The monoisotopic (exact) mass is 429 g/mol. The highest BCUT2D eigenvalue weighted by molar-refractivity contribution is 5.97. The van der Waals surface area contributed by atoms with E-state index in [1.807, 2.05) is 18.2 Å². The van der Waals surface area contributed by atoms with E-state index in [0.29, 0.717) is 0 Å². The van der Waals surface area contributed by atoms with Crippen LogP contribution in [0.5, 0.6) is 5.75 Å². The van der Waals surface area contributed by atoms with Crippen molar-refractivity contribution in [1.82, 2.24) is 0 Å². The molecular formula is C31H27NO. The fraction of sp³-hybridized carbons (Fsp3) is 0.0968. The molecule has 2 heteroatoms. The summed E-state index contributed by atoms with van der Waals surface area (Å²) in [6.07, 6.45) is 2.33. The van der Waals surface area contributed by atoms with Gasteiger partial charge in [0, 0.05) is 11.1 Å². The van der Waals surface area contributed by atoms with Crippen LogP contribution in [0.3, 0.4) is 0 Å². The minimum atomic E-state index is -0.389. The van der Waals surface area contributed by atoms with Gasteiger partial charge < -0.3 is 10.1 Å². The Labute approximate surface area is 195 Å². The topological polar surface area (TPSA) is 21.3 Å². The zero-order chi connectivity index (χ0) is 22.8. The zero-order valence-corrected chi connectivity index (χ0v) is 19.0. The molecule has 4 aromatic carbocycles. The van der Waals surface area contributed by atoms with Gasteiger partial charge in [0.25, 0.3) is 0 Å². The zero-order valence-electron chi connectivity index (χ0n) is 19.0. The number of hydrogen-bond donors (Lipinski definition) is 1. The number of fused-ring (bicyclic) bond motifs is 1. The Kier molecular flexibility index (Phi) is 5.35. The number of rotatable bonds is 5. The Morgan fingerprint density at radius 2 is 1.42 bits per heavy atom. The van der Waals surface area contributed by atoms with Gasteiger partial charge in [-0.1, -0.05) is 97.6 Å². The van der Waals surface area contributed by atoms with Gasteiger partial charge >= 0.3 is 0 Å². The maximum Gasteiger partial charge on any atom is 0.120 e. The largest absolute Gasteiger partial charge is 0.497 e. The number of nitrogens with one attached hydrogen (secondary N) is 1. The molecule has 0 amide bonds. The fourth-order valence-electron chi connectivity index (χ4n) is 4.57. The number of benzene rings is 4. The van der Waals surface area contributed by atoms with Crippen molar-refractivity contribution in [1.29, 1.82) is 0 Å². The van der Waals surface area contributed by atoms with E-state index in [1.165, 1.54) is 16.7 Å². The van der Waals surface area contributed by atoms with E-state index in [2.05, 4.69) is 110 Å². The Bertz CT molecular complexity index is 1320. The van der Waals surface area contributed by atoms with Gasteiger partial charge in [0.05, 0.1) is 18.3 Å². The van der Waals surface area contributed by atoms with Crippen LogP contribution in [0.15, 0.2) is 116 Å². The lowest BCUT2D eigenvalue weighted by Gasteiger charge is -2.37. The van der Waals surface area contributed by atoms with Crippen LogP contribution >= 0.6 is 0 Å². The molecule has 1 unspecified atom stereocenters. The molecule has 0 saturated heterocycles. The second-order valence-electron chi connectivity index (χ2n) is 8.56. The lowest BCUT2D eigenvalue weighted by Crippen LogP contribution is -2.33. The molecule has 0 bridgehead atoms.